The number of hydrogen-bond acceptors (Lipinski definition) is 3. The van der Waals surface area contributed by atoms with E-state index in [1.807, 2.05) is 4.90 Å². The van der Waals surface area contributed by atoms with Crippen LogP contribution in [0.5, 0.6) is 0 Å². The van der Waals surface area contributed by atoms with Crippen molar-refractivity contribution in [1.82, 2.24) is 4.90 Å². The number of hydrogen-bond donors (Lipinski definition) is 1. The summed E-state index contributed by atoms with van der Waals surface area (Å²) >= 11 is 0. The average Bonchev–Trinajstić information content (AvgIpc) is 2.47. The Labute approximate surface area is 121 Å². The van der Waals surface area contributed by atoms with Gasteiger partial charge in [-0.1, -0.05) is 25.5 Å². The fraction of sp³-hybridized carbons (Fsp3) is 0.562. The van der Waals surface area contributed by atoms with E-state index in [9.17, 15) is 4.79 Å². The lowest BCUT2D eigenvalue weighted by Gasteiger charge is -2.37. The van der Waals surface area contributed by atoms with Crippen molar-refractivity contribution in [2.45, 2.75) is 32.7 Å². The van der Waals surface area contributed by atoms with Crippen LogP contribution in [0.4, 0.5) is 5.69 Å². The minimum atomic E-state index is -0.328. The summed E-state index contributed by atoms with van der Waals surface area (Å²) in [5.74, 6) is 0.107. The lowest BCUT2D eigenvalue weighted by atomic mass is 10.1. The van der Waals surface area contributed by atoms with E-state index >= 15 is 0 Å². The molecule has 1 heterocycles. The van der Waals surface area contributed by atoms with Gasteiger partial charge in [-0.05, 0) is 31.0 Å². The molecule has 0 unspecified atom stereocenters. The number of anilines is 1. The molecule has 0 spiro atoms. The van der Waals surface area contributed by atoms with Gasteiger partial charge in [0.05, 0.1) is 6.04 Å². The summed E-state index contributed by atoms with van der Waals surface area (Å²) in [4.78, 5) is 16.4. The summed E-state index contributed by atoms with van der Waals surface area (Å²) in [5.41, 5.74) is 8.43. The monoisotopic (exact) mass is 275 g/mol. The Kier molecular flexibility index (Phi) is 5.01. The highest BCUT2D eigenvalue weighted by molar-refractivity contribution is 5.81. The first-order valence-corrected chi connectivity index (χ1v) is 7.47. The van der Waals surface area contributed by atoms with E-state index in [-0.39, 0.29) is 11.9 Å². The number of carbonyl (C=O) groups excluding carboxylic acids is 1. The van der Waals surface area contributed by atoms with Crippen molar-refractivity contribution in [1.29, 1.82) is 0 Å². The number of aryl methyl sites for hydroxylation is 1. The standard InChI is InChI=1S/C16H25N3O/c1-3-5-15(17)16(20)19-10-8-18(9-11-19)14-7-4-6-13(2)12-14/h4,6-7,12,15H,3,5,8-11,17H2,1-2H3/t15-/m0/s1. The van der Waals surface area contributed by atoms with Gasteiger partial charge in [0.25, 0.3) is 0 Å². The van der Waals surface area contributed by atoms with Gasteiger partial charge in [-0.15, -0.1) is 0 Å². The first-order valence-electron chi connectivity index (χ1n) is 7.47. The van der Waals surface area contributed by atoms with E-state index in [2.05, 4.69) is 43.0 Å². The number of carbonyl (C=O) groups is 1. The van der Waals surface area contributed by atoms with Crippen molar-refractivity contribution in [3.05, 3.63) is 29.8 Å². The Morgan fingerprint density at radius 2 is 2.00 bits per heavy atom. The zero-order chi connectivity index (χ0) is 14.5. The van der Waals surface area contributed by atoms with E-state index in [4.69, 9.17) is 5.73 Å². The van der Waals surface area contributed by atoms with Crippen LogP contribution in [0.3, 0.4) is 0 Å². The molecule has 0 saturated carbocycles. The lowest BCUT2D eigenvalue weighted by molar-refractivity contribution is -0.133. The number of nitrogens with two attached hydrogens (primary N) is 1. The zero-order valence-corrected chi connectivity index (χ0v) is 12.5. The Hall–Kier alpha value is -1.55. The smallest absolute Gasteiger partial charge is 0.239 e. The second-order valence-corrected chi connectivity index (χ2v) is 5.55. The molecule has 1 fully saturated rings. The third kappa shape index (κ3) is 3.51. The molecule has 1 saturated heterocycles. The van der Waals surface area contributed by atoms with E-state index in [0.29, 0.717) is 0 Å². The van der Waals surface area contributed by atoms with Gasteiger partial charge >= 0.3 is 0 Å². The van der Waals surface area contributed by atoms with Gasteiger partial charge in [0.15, 0.2) is 0 Å². The van der Waals surface area contributed by atoms with Crippen LogP contribution < -0.4 is 10.6 Å². The Morgan fingerprint density at radius 3 is 2.60 bits per heavy atom. The second-order valence-electron chi connectivity index (χ2n) is 5.55. The van der Waals surface area contributed by atoms with Crippen molar-refractivity contribution >= 4 is 11.6 Å². The maximum atomic E-state index is 12.2. The molecule has 0 aromatic heterocycles. The molecule has 1 aliphatic heterocycles. The van der Waals surface area contributed by atoms with Gasteiger partial charge in [0.2, 0.25) is 5.91 Å². The van der Waals surface area contributed by atoms with Crippen LogP contribution in [0.2, 0.25) is 0 Å². The van der Waals surface area contributed by atoms with Gasteiger partial charge in [-0.25, -0.2) is 0 Å². The molecule has 0 radical (unpaired) electrons. The van der Waals surface area contributed by atoms with Gasteiger partial charge in [-0.2, -0.15) is 0 Å². The maximum Gasteiger partial charge on any atom is 0.239 e. The largest absolute Gasteiger partial charge is 0.368 e. The highest BCUT2D eigenvalue weighted by atomic mass is 16.2. The van der Waals surface area contributed by atoms with E-state index in [1.165, 1.54) is 11.3 Å². The molecule has 1 atom stereocenters. The highest BCUT2D eigenvalue weighted by Crippen LogP contribution is 2.18. The Bertz CT molecular complexity index is 453. The maximum absolute atomic E-state index is 12.2. The number of piperazine rings is 1. The highest BCUT2D eigenvalue weighted by Gasteiger charge is 2.24. The minimum Gasteiger partial charge on any atom is -0.368 e. The Morgan fingerprint density at radius 1 is 1.30 bits per heavy atom. The van der Waals surface area contributed by atoms with Crippen molar-refractivity contribution < 1.29 is 4.79 Å². The molecule has 1 aromatic carbocycles. The summed E-state index contributed by atoms with van der Waals surface area (Å²) in [6, 6.07) is 8.19. The molecule has 1 aliphatic rings. The quantitative estimate of drug-likeness (QED) is 0.911. The average molecular weight is 275 g/mol. The second kappa shape index (κ2) is 6.75. The van der Waals surface area contributed by atoms with Crippen LogP contribution in [0.15, 0.2) is 24.3 Å². The van der Waals surface area contributed by atoms with Crippen LogP contribution in [0.1, 0.15) is 25.3 Å². The van der Waals surface area contributed by atoms with Crippen molar-refractivity contribution in [2.24, 2.45) is 5.73 Å². The predicted octanol–water partition coefficient (Wildman–Crippen LogP) is 1.77. The first kappa shape index (κ1) is 14.9. The number of nitrogens with zero attached hydrogens (tertiary/aromatic N) is 2. The molecule has 0 aliphatic carbocycles. The Balaban J connectivity index is 1.91. The molecule has 20 heavy (non-hydrogen) atoms. The first-order chi connectivity index (χ1) is 9.61. The molecular formula is C16H25N3O. The van der Waals surface area contributed by atoms with Crippen LogP contribution in [-0.4, -0.2) is 43.0 Å². The molecule has 110 valence electrons. The fourth-order valence-electron chi connectivity index (χ4n) is 2.68. The molecule has 2 N–H and O–H groups in total. The van der Waals surface area contributed by atoms with E-state index in [0.717, 1.165) is 39.0 Å². The third-order valence-corrected chi connectivity index (χ3v) is 3.88. The minimum absolute atomic E-state index is 0.107. The number of amides is 1. The van der Waals surface area contributed by atoms with Crippen LogP contribution >= 0.6 is 0 Å². The molecule has 0 bridgehead atoms. The van der Waals surface area contributed by atoms with Crippen molar-refractivity contribution in [2.75, 3.05) is 31.1 Å². The molecule has 1 amide bonds. The SMILES string of the molecule is CCC[C@H](N)C(=O)N1CCN(c2cccc(C)c2)CC1. The van der Waals surface area contributed by atoms with Gasteiger partial charge < -0.3 is 15.5 Å². The molecule has 2 rings (SSSR count). The molecule has 1 aromatic rings. The van der Waals surface area contributed by atoms with Crippen molar-refractivity contribution in [3.8, 4) is 0 Å². The normalized spacial score (nSPS) is 17.1. The number of rotatable bonds is 4. The molecular weight excluding hydrogens is 250 g/mol. The fourth-order valence-corrected chi connectivity index (χ4v) is 2.68. The van der Waals surface area contributed by atoms with E-state index < -0.39 is 0 Å². The third-order valence-electron chi connectivity index (χ3n) is 3.88. The van der Waals surface area contributed by atoms with Crippen LogP contribution in [0.25, 0.3) is 0 Å². The van der Waals surface area contributed by atoms with Crippen molar-refractivity contribution in [3.63, 3.8) is 0 Å². The lowest BCUT2D eigenvalue weighted by Crippen LogP contribution is -2.53. The summed E-state index contributed by atoms with van der Waals surface area (Å²) in [6.45, 7) is 7.46. The predicted molar refractivity (Wildman–Crippen MR) is 82.9 cm³/mol. The van der Waals surface area contributed by atoms with Crippen LogP contribution in [0, 0.1) is 6.92 Å². The summed E-state index contributed by atoms with van der Waals surface area (Å²) in [5, 5.41) is 0. The van der Waals surface area contributed by atoms with Gasteiger partial charge in [-0.3, -0.25) is 4.79 Å². The summed E-state index contributed by atoms with van der Waals surface area (Å²) in [7, 11) is 0. The summed E-state index contributed by atoms with van der Waals surface area (Å²) < 4.78 is 0. The zero-order valence-electron chi connectivity index (χ0n) is 12.5. The topological polar surface area (TPSA) is 49.6 Å². The molecule has 4 nitrogen and oxygen atoms in total. The van der Waals surface area contributed by atoms with E-state index in [1.54, 1.807) is 0 Å². The number of benzene rings is 1. The van der Waals surface area contributed by atoms with Crippen LogP contribution in [-0.2, 0) is 4.79 Å². The molecule has 4 heteroatoms. The summed E-state index contributed by atoms with van der Waals surface area (Å²) in [6.07, 6.45) is 1.73. The van der Waals surface area contributed by atoms with Gasteiger partial charge in [0.1, 0.15) is 0 Å². The van der Waals surface area contributed by atoms with Gasteiger partial charge in [0, 0.05) is 31.9 Å².